The van der Waals surface area contributed by atoms with Gasteiger partial charge in [-0.25, -0.2) is 0 Å². The van der Waals surface area contributed by atoms with E-state index in [2.05, 4.69) is 18.9 Å². The fraction of sp³-hybridized carbons (Fsp3) is 0.700. The van der Waals surface area contributed by atoms with Gasteiger partial charge in [-0.3, -0.25) is 4.68 Å². The highest BCUT2D eigenvalue weighted by Crippen LogP contribution is 2.06. The molecule has 14 heavy (non-hydrogen) atoms. The van der Waals surface area contributed by atoms with Crippen molar-refractivity contribution in [3.63, 3.8) is 0 Å². The summed E-state index contributed by atoms with van der Waals surface area (Å²) in [4.78, 5) is 0. The van der Waals surface area contributed by atoms with Gasteiger partial charge < -0.3 is 9.84 Å². The van der Waals surface area contributed by atoms with Gasteiger partial charge >= 0.3 is 0 Å². The maximum atomic E-state index is 9.48. The van der Waals surface area contributed by atoms with E-state index in [4.69, 9.17) is 4.74 Å². The Balaban J connectivity index is 2.51. The molecule has 4 heteroatoms. The standard InChI is InChI=1S/C10H18N2O2/c1-8(2)12-5-4-9(11-12)6-10(13)7-14-3/h4-5,8,10,13H,6-7H2,1-3H3. The molecule has 0 spiro atoms. The molecule has 0 saturated carbocycles. The van der Waals surface area contributed by atoms with Crippen LogP contribution in [0.5, 0.6) is 0 Å². The molecule has 0 fully saturated rings. The molecule has 0 radical (unpaired) electrons. The first-order valence-electron chi connectivity index (χ1n) is 4.84. The fourth-order valence-electron chi connectivity index (χ4n) is 1.27. The summed E-state index contributed by atoms with van der Waals surface area (Å²) in [5.74, 6) is 0. The van der Waals surface area contributed by atoms with Crippen LogP contribution in [0, 0.1) is 0 Å². The first-order valence-corrected chi connectivity index (χ1v) is 4.84. The molecule has 0 aliphatic heterocycles. The predicted octanol–water partition coefficient (Wildman–Crippen LogP) is 1.01. The number of methoxy groups -OCH3 is 1. The first-order chi connectivity index (χ1) is 6.63. The number of nitrogens with zero attached hydrogens (tertiary/aromatic N) is 2. The number of hydrogen-bond donors (Lipinski definition) is 1. The molecule has 0 bridgehead atoms. The molecule has 80 valence electrons. The van der Waals surface area contributed by atoms with E-state index >= 15 is 0 Å². The van der Waals surface area contributed by atoms with Gasteiger partial charge in [0.2, 0.25) is 0 Å². The third-order valence-electron chi connectivity index (χ3n) is 2.00. The molecule has 4 nitrogen and oxygen atoms in total. The highest BCUT2D eigenvalue weighted by molar-refractivity contribution is 5.01. The lowest BCUT2D eigenvalue weighted by molar-refractivity contribution is 0.0643. The first kappa shape index (κ1) is 11.2. The van der Waals surface area contributed by atoms with Gasteiger partial charge in [-0.05, 0) is 19.9 Å². The second-order valence-electron chi connectivity index (χ2n) is 3.69. The van der Waals surface area contributed by atoms with Crippen LogP contribution < -0.4 is 0 Å². The summed E-state index contributed by atoms with van der Waals surface area (Å²) in [5, 5.41) is 13.8. The number of hydrogen-bond acceptors (Lipinski definition) is 3. The summed E-state index contributed by atoms with van der Waals surface area (Å²) in [6, 6.07) is 2.29. The molecule has 1 aromatic rings. The molecule has 0 aliphatic carbocycles. The quantitative estimate of drug-likeness (QED) is 0.768. The molecule has 0 saturated heterocycles. The molecule has 1 heterocycles. The van der Waals surface area contributed by atoms with Crippen molar-refractivity contribution in [2.45, 2.75) is 32.4 Å². The molecule has 1 unspecified atom stereocenters. The summed E-state index contributed by atoms with van der Waals surface area (Å²) >= 11 is 0. The molecule has 0 amide bonds. The number of ether oxygens (including phenoxy) is 1. The van der Waals surface area contributed by atoms with Crippen molar-refractivity contribution < 1.29 is 9.84 Å². The molecular formula is C10H18N2O2. The smallest absolute Gasteiger partial charge is 0.0829 e. The lowest BCUT2D eigenvalue weighted by atomic mass is 10.2. The van der Waals surface area contributed by atoms with E-state index in [1.54, 1.807) is 7.11 Å². The molecule has 1 rings (SSSR count). The molecular weight excluding hydrogens is 180 g/mol. The Morgan fingerprint density at radius 3 is 2.79 bits per heavy atom. The number of aliphatic hydroxyl groups excluding tert-OH is 1. The third kappa shape index (κ3) is 3.12. The van der Waals surface area contributed by atoms with Crippen LogP contribution in [0.25, 0.3) is 0 Å². The minimum Gasteiger partial charge on any atom is -0.390 e. The highest BCUT2D eigenvalue weighted by Gasteiger charge is 2.08. The topological polar surface area (TPSA) is 47.3 Å². The maximum absolute atomic E-state index is 9.48. The van der Waals surface area contributed by atoms with E-state index in [0.717, 1.165) is 5.69 Å². The van der Waals surface area contributed by atoms with Crippen molar-refractivity contribution in [2.75, 3.05) is 13.7 Å². The Labute approximate surface area is 84.5 Å². The molecule has 1 N–H and O–H groups in total. The second-order valence-corrected chi connectivity index (χ2v) is 3.69. The van der Waals surface area contributed by atoms with Gasteiger partial charge in [0.05, 0.1) is 18.4 Å². The van der Waals surface area contributed by atoms with E-state index in [0.29, 0.717) is 19.1 Å². The summed E-state index contributed by atoms with van der Waals surface area (Å²) < 4.78 is 6.73. The zero-order valence-electron chi connectivity index (χ0n) is 8.97. The zero-order valence-corrected chi connectivity index (χ0v) is 8.97. The van der Waals surface area contributed by atoms with Crippen molar-refractivity contribution in [1.29, 1.82) is 0 Å². The van der Waals surface area contributed by atoms with Crippen LogP contribution in [-0.4, -0.2) is 34.7 Å². The highest BCUT2D eigenvalue weighted by atomic mass is 16.5. The van der Waals surface area contributed by atoms with E-state index in [9.17, 15) is 5.11 Å². The minimum atomic E-state index is -0.462. The summed E-state index contributed by atoms with van der Waals surface area (Å²) in [7, 11) is 1.58. The molecule has 1 atom stereocenters. The van der Waals surface area contributed by atoms with E-state index in [1.165, 1.54) is 0 Å². The van der Waals surface area contributed by atoms with Gasteiger partial charge in [-0.1, -0.05) is 0 Å². The van der Waals surface area contributed by atoms with E-state index in [1.807, 2.05) is 16.9 Å². The van der Waals surface area contributed by atoms with Crippen molar-refractivity contribution in [3.05, 3.63) is 18.0 Å². The summed E-state index contributed by atoms with van der Waals surface area (Å²) in [6.07, 6.45) is 2.02. The number of aromatic nitrogens is 2. The largest absolute Gasteiger partial charge is 0.390 e. The average Bonchev–Trinajstić information content (AvgIpc) is 2.53. The Kier molecular flexibility index (Phi) is 4.10. The SMILES string of the molecule is COCC(O)Cc1ccn(C(C)C)n1. The van der Waals surface area contributed by atoms with Gasteiger partial charge in [0, 0.05) is 25.8 Å². The van der Waals surface area contributed by atoms with Crippen LogP contribution in [0.3, 0.4) is 0 Å². The minimum absolute atomic E-state index is 0.356. The van der Waals surface area contributed by atoms with Gasteiger partial charge in [0.25, 0.3) is 0 Å². The summed E-state index contributed by atoms with van der Waals surface area (Å²) in [6.45, 7) is 4.50. The van der Waals surface area contributed by atoms with Gasteiger partial charge in [0.15, 0.2) is 0 Å². The Morgan fingerprint density at radius 1 is 1.57 bits per heavy atom. The van der Waals surface area contributed by atoms with Gasteiger partial charge in [-0.15, -0.1) is 0 Å². The van der Waals surface area contributed by atoms with Crippen LogP contribution in [0.4, 0.5) is 0 Å². The van der Waals surface area contributed by atoms with Crippen molar-refractivity contribution in [1.82, 2.24) is 9.78 Å². The predicted molar refractivity (Wildman–Crippen MR) is 54.2 cm³/mol. The van der Waals surface area contributed by atoms with E-state index in [-0.39, 0.29) is 0 Å². The second kappa shape index (κ2) is 5.12. The Bertz CT molecular complexity index is 271. The normalized spacial score (nSPS) is 13.5. The van der Waals surface area contributed by atoms with Gasteiger partial charge in [0.1, 0.15) is 0 Å². The fourth-order valence-corrected chi connectivity index (χ4v) is 1.27. The molecule has 0 aliphatic rings. The lowest BCUT2D eigenvalue weighted by Gasteiger charge is -2.07. The lowest BCUT2D eigenvalue weighted by Crippen LogP contribution is -2.17. The number of rotatable bonds is 5. The monoisotopic (exact) mass is 198 g/mol. The van der Waals surface area contributed by atoms with Crippen LogP contribution >= 0.6 is 0 Å². The van der Waals surface area contributed by atoms with Crippen molar-refractivity contribution in [2.24, 2.45) is 0 Å². The molecule has 1 aromatic heterocycles. The van der Waals surface area contributed by atoms with Gasteiger partial charge in [-0.2, -0.15) is 5.10 Å². The Hall–Kier alpha value is -0.870. The number of aliphatic hydroxyl groups is 1. The average molecular weight is 198 g/mol. The van der Waals surface area contributed by atoms with Crippen LogP contribution in [0.15, 0.2) is 12.3 Å². The van der Waals surface area contributed by atoms with Crippen LogP contribution in [-0.2, 0) is 11.2 Å². The summed E-state index contributed by atoms with van der Waals surface area (Å²) in [5.41, 5.74) is 0.906. The maximum Gasteiger partial charge on any atom is 0.0829 e. The zero-order chi connectivity index (χ0) is 10.6. The third-order valence-corrected chi connectivity index (χ3v) is 2.00. The molecule has 0 aromatic carbocycles. The van der Waals surface area contributed by atoms with Crippen molar-refractivity contribution >= 4 is 0 Å². The Morgan fingerprint density at radius 2 is 2.29 bits per heavy atom. The van der Waals surface area contributed by atoms with Crippen molar-refractivity contribution in [3.8, 4) is 0 Å². The van der Waals surface area contributed by atoms with E-state index < -0.39 is 6.10 Å². The van der Waals surface area contributed by atoms with Crippen LogP contribution in [0.1, 0.15) is 25.6 Å². The van der Waals surface area contributed by atoms with Crippen LogP contribution in [0.2, 0.25) is 0 Å².